The average Bonchev–Trinajstić information content (AvgIpc) is 2.87. The normalized spacial score (nSPS) is 18.5. The lowest BCUT2D eigenvalue weighted by Gasteiger charge is -2.38. The van der Waals surface area contributed by atoms with E-state index in [1.807, 2.05) is 45.6 Å². The van der Waals surface area contributed by atoms with E-state index in [4.69, 9.17) is 14.2 Å². The highest BCUT2D eigenvalue weighted by Crippen LogP contribution is 2.59. The van der Waals surface area contributed by atoms with Crippen LogP contribution in [0.15, 0.2) is 72.8 Å². The Morgan fingerprint density at radius 2 is 0.970 bits per heavy atom. The van der Waals surface area contributed by atoms with Crippen molar-refractivity contribution in [1.29, 1.82) is 0 Å². The highest BCUT2D eigenvalue weighted by atomic mass is 31.2. The average molecular weight is 501 g/mol. The van der Waals surface area contributed by atoms with Crippen LogP contribution in [-0.4, -0.2) is 9.21 Å². The van der Waals surface area contributed by atoms with Gasteiger partial charge in [-0.25, -0.2) is 4.86 Å². The third-order valence-corrected chi connectivity index (χ3v) is 9.42. The van der Waals surface area contributed by atoms with E-state index in [0.29, 0.717) is 0 Å². The lowest BCUT2D eigenvalue weighted by atomic mass is 10.2. The van der Waals surface area contributed by atoms with Crippen LogP contribution in [0.4, 0.5) is 0 Å². The standard InChI is InChI=1S/C24H30N3O3P3/c1-4-19-7-13-22(14-8-19)28-26-31-25-32-27(29-23-15-9-20(5-2)10-16-23)33(26)30-24-17-11-21(6-3)12-18-24/h7-18,25,31-32H,4-6H2,1-3H3. The van der Waals surface area contributed by atoms with Gasteiger partial charge >= 0.3 is 8.45 Å². The summed E-state index contributed by atoms with van der Waals surface area (Å²) in [5.74, 6) is 2.34. The van der Waals surface area contributed by atoms with E-state index < -0.39 is 8.45 Å². The van der Waals surface area contributed by atoms with E-state index in [1.165, 1.54) is 16.7 Å². The van der Waals surface area contributed by atoms with Crippen molar-refractivity contribution in [3.63, 3.8) is 0 Å². The van der Waals surface area contributed by atoms with Gasteiger partial charge in [-0.3, -0.25) is 0 Å². The Kier molecular flexibility index (Phi) is 8.92. The van der Waals surface area contributed by atoms with Gasteiger partial charge in [-0.2, -0.15) is 0 Å². The van der Waals surface area contributed by atoms with Gasteiger partial charge in [-0.1, -0.05) is 57.2 Å². The Hall–Kier alpha value is -1.77. The van der Waals surface area contributed by atoms with Crippen LogP contribution >= 0.6 is 26.2 Å². The molecule has 0 aromatic heterocycles. The molecule has 4 rings (SSSR count). The summed E-state index contributed by atoms with van der Waals surface area (Å²) in [4.78, 5) is 15.9. The number of aryl methyl sites for hydroxylation is 3. The molecule has 1 aliphatic heterocycles. The van der Waals surface area contributed by atoms with Gasteiger partial charge in [-0.15, -0.1) is 0 Å². The van der Waals surface area contributed by atoms with E-state index in [9.17, 15) is 0 Å². The first-order valence-corrected chi connectivity index (χ1v) is 14.2. The molecule has 1 saturated heterocycles. The number of hydrogen-bond acceptors (Lipinski definition) is 6. The molecule has 1 fully saturated rings. The fraction of sp³-hybridized carbons (Fsp3) is 0.250. The van der Waals surface area contributed by atoms with Crippen molar-refractivity contribution in [2.45, 2.75) is 40.0 Å². The third kappa shape index (κ3) is 6.64. The summed E-state index contributed by atoms with van der Waals surface area (Å²) in [7, 11) is -0.883. The minimum atomic E-state index is -1.37. The molecular formula is C24H30N3O3P3. The highest BCUT2D eigenvalue weighted by Gasteiger charge is 2.38. The van der Waals surface area contributed by atoms with Crippen molar-refractivity contribution in [3.8, 4) is 17.2 Å². The van der Waals surface area contributed by atoms with Gasteiger partial charge in [0.15, 0.2) is 0 Å². The van der Waals surface area contributed by atoms with Crippen molar-refractivity contribution in [1.82, 2.24) is 14.1 Å². The first-order valence-electron chi connectivity index (χ1n) is 11.2. The smallest absolute Gasteiger partial charge is 0.328 e. The second kappa shape index (κ2) is 12.1. The van der Waals surface area contributed by atoms with Crippen LogP contribution in [0, 0.1) is 0 Å². The van der Waals surface area contributed by atoms with Crippen molar-refractivity contribution in [2.75, 3.05) is 0 Å². The molecule has 1 heterocycles. The van der Waals surface area contributed by atoms with Crippen molar-refractivity contribution < 1.29 is 14.2 Å². The third-order valence-electron chi connectivity index (χ3n) is 5.18. The maximum atomic E-state index is 6.45. The predicted octanol–water partition coefficient (Wildman–Crippen LogP) is 7.19. The van der Waals surface area contributed by atoms with Crippen LogP contribution in [0.1, 0.15) is 37.5 Å². The fourth-order valence-electron chi connectivity index (χ4n) is 3.12. The molecule has 9 heteroatoms. The Balaban J connectivity index is 1.55. The molecule has 1 N–H and O–H groups in total. The molecule has 174 valence electrons. The van der Waals surface area contributed by atoms with Crippen molar-refractivity contribution >= 4 is 26.2 Å². The van der Waals surface area contributed by atoms with E-state index in [1.54, 1.807) is 0 Å². The Bertz CT molecular complexity index is 947. The zero-order chi connectivity index (χ0) is 23.0. The lowest BCUT2D eigenvalue weighted by Crippen LogP contribution is -2.32. The van der Waals surface area contributed by atoms with Gasteiger partial charge in [-0.05, 0) is 81.6 Å². The second-order valence-electron chi connectivity index (χ2n) is 7.41. The summed E-state index contributed by atoms with van der Waals surface area (Å²) in [5, 5.41) is 0. The predicted molar refractivity (Wildman–Crippen MR) is 140 cm³/mol. The van der Waals surface area contributed by atoms with E-state index in [2.05, 4.69) is 62.0 Å². The molecule has 2 atom stereocenters. The zero-order valence-electron chi connectivity index (χ0n) is 19.1. The van der Waals surface area contributed by atoms with Crippen LogP contribution in [0.2, 0.25) is 0 Å². The first-order chi connectivity index (χ1) is 16.2. The maximum absolute atomic E-state index is 6.45. The molecule has 0 bridgehead atoms. The summed E-state index contributed by atoms with van der Waals surface area (Å²) < 4.78 is 10.2. The number of benzene rings is 3. The molecule has 0 aliphatic carbocycles. The first kappa shape index (κ1) is 24.4. The number of nitrogens with zero attached hydrogens (tertiary/aromatic N) is 2. The monoisotopic (exact) mass is 501 g/mol. The summed E-state index contributed by atoms with van der Waals surface area (Å²) in [6.45, 7) is 6.44. The molecule has 6 nitrogen and oxygen atoms in total. The van der Waals surface area contributed by atoms with E-state index in [0.717, 1.165) is 36.5 Å². The van der Waals surface area contributed by atoms with Gasteiger partial charge in [0.2, 0.25) is 0 Å². The molecule has 0 spiro atoms. The fourth-order valence-corrected chi connectivity index (χ4v) is 7.91. The molecule has 2 unspecified atom stereocenters. The van der Waals surface area contributed by atoms with Gasteiger partial charge in [0.05, 0.1) is 17.8 Å². The van der Waals surface area contributed by atoms with Gasteiger partial charge < -0.3 is 14.2 Å². The summed E-state index contributed by atoms with van der Waals surface area (Å²) >= 11 is 0. The topological polar surface area (TPSA) is 46.2 Å². The van der Waals surface area contributed by atoms with Gasteiger partial charge in [0.25, 0.3) is 0 Å². The molecule has 0 saturated carbocycles. The van der Waals surface area contributed by atoms with E-state index in [-0.39, 0.29) is 17.8 Å². The van der Waals surface area contributed by atoms with Gasteiger partial charge in [0, 0.05) is 0 Å². The van der Waals surface area contributed by atoms with Crippen LogP contribution in [-0.2, 0) is 19.3 Å². The molecule has 1 aliphatic rings. The summed E-state index contributed by atoms with van der Waals surface area (Å²) in [5.41, 5.74) is 3.83. The molecule has 3 aromatic carbocycles. The van der Waals surface area contributed by atoms with Crippen LogP contribution in [0.5, 0.6) is 17.2 Å². The Morgan fingerprint density at radius 1 is 0.606 bits per heavy atom. The molecule has 3 aromatic rings. The quantitative estimate of drug-likeness (QED) is 0.313. The van der Waals surface area contributed by atoms with E-state index >= 15 is 0 Å². The van der Waals surface area contributed by atoms with Crippen LogP contribution in [0.25, 0.3) is 0 Å². The molecular weight excluding hydrogens is 471 g/mol. The van der Waals surface area contributed by atoms with Gasteiger partial charge in [0.1, 0.15) is 17.2 Å². The second-order valence-corrected chi connectivity index (χ2v) is 11.8. The van der Waals surface area contributed by atoms with Crippen LogP contribution < -0.4 is 19.1 Å². The lowest BCUT2D eigenvalue weighted by molar-refractivity contribution is 0.0754. The molecule has 0 radical (unpaired) electrons. The maximum Gasteiger partial charge on any atom is 0.328 e. The highest BCUT2D eigenvalue weighted by molar-refractivity contribution is 7.70. The van der Waals surface area contributed by atoms with Crippen LogP contribution in [0.3, 0.4) is 0 Å². The number of nitrogens with one attached hydrogen (secondary N) is 1. The molecule has 33 heavy (non-hydrogen) atoms. The summed E-state index contributed by atoms with van der Waals surface area (Å²) in [6, 6.07) is 24.6. The Labute approximate surface area is 201 Å². The zero-order valence-corrected chi connectivity index (χ0v) is 22.0. The minimum Gasteiger partial charge on any atom is -0.440 e. The largest absolute Gasteiger partial charge is 0.440 e. The number of hydrogen-bond donors (Lipinski definition) is 1. The minimum absolute atomic E-state index is 0.246. The van der Waals surface area contributed by atoms with Crippen molar-refractivity contribution in [2.24, 2.45) is 0 Å². The Morgan fingerprint density at radius 3 is 1.33 bits per heavy atom. The molecule has 0 amide bonds. The summed E-state index contributed by atoms with van der Waals surface area (Å²) in [6.07, 6.45) is 2.99. The van der Waals surface area contributed by atoms with Crippen molar-refractivity contribution in [3.05, 3.63) is 89.5 Å². The number of rotatable bonds is 9. The SMILES string of the molecule is CCc1ccc(ON2PNPN(Oc3ccc(CC)cc3)P2Oc2ccc(CC)cc2)cc1.